The maximum atomic E-state index is 10.4. The molecule has 0 aliphatic rings. The molecule has 5 nitrogen and oxygen atoms in total. The second-order valence-corrected chi connectivity index (χ2v) is 8.54. The molecule has 0 heterocycles. The van der Waals surface area contributed by atoms with Gasteiger partial charge in [0, 0.05) is 19.5 Å². The minimum absolute atomic E-state index is 0.310. The zero-order valence-corrected chi connectivity index (χ0v) is 19.0. The first-order valence-electron chi connectivity index (χ1n) is 11.9. The van der Waals surface area contributed by atoms with Crippen molar-refractivity contribution in [2.75, 3.05) is 19.6 Å². The lowest BCUT2D eigenvalue weighted by molar-refractivity contribution is -0.137. The highest BCUT2D eigenvalue weighted by molar-refractivity contribution is 5.66. The van der Waals surface area contributed by atoms with Crippen LogP contribution in [0.5, 0.6) is 0 Å². The second kappa shape index (κ2) is 20.4. The number of carboxylic acid groups (broad SMARTS) is 1. The number of aliphatic hydroxyl groups excluding tert-OH is 2. The van der Waals surface area contributed by atoms with Gasteiger partial charge in [0.15, 0.2) is 0 Å². The van der Waals surface area contributed by atoms with Gasteiger partial charge in [-0.2, -0.15) is 0 Å². The van der Waals surface area contributed by atoms with Gasteiger partial charge in [0.2, 0.25) is 0 Å². The second-order valence-electron chi connectivity index (χ2n) is 8.54. The molecule has 0 aromatic carbocycles. The largest absolute Gasteiger partial charge is 0.481 e. The van der Waals surface area contributed by atoms with Crippen molar-refractivity contribution in [1.82, 2.24) is 4.90 Å². The minimum atomic E-state index is -0.681. The van der Waals surface area contributed by atoms with Crippen molar-refractivity contribution in [1.29, 1.82) is 0 Å². The molecule has 0 aliphatic carbocycles. The number of carbonyl (C=O) groups is 1. The van der Waals surface area contributed by atoms with Gasteiger partial charge >= 0.3 is 5.97 Å². The van der Waals surface area contributed by atoms with Crippen LogP contribution >= 0.6 is 0 Å². The standard InChI is InChI=1S/C24H47NO4/c1-22(26)20-25(21-23(2)27)19-17-15-13-11-9-7-5-3-4-6-8-10-12-14-16-18-24(28)29/h3-4,22-23,26-27H,5-21H2,1-2H3,(H,28,29)/b4-3-. The molecule has 0 rings (SSSR count). The van der Waals surface area contributed by atoms with E-state index in [4.69, 9.17) is 5.11 Å². The predicted octanol–water partition coefficient (Wildman–Crippen LogP) is 5.15. The summed E-state index contributed by atoms with van der Waals surface area (Å²) in [5.41, 5.74) is 0. The number of rotatable bonds is 21. The number of hydrogen-bond acceptors (Lipinski definition) is 4. The third kappa shape index (κ3) is 23.2. The first kappa shape index (κ1) is 28.1. The van der Waals surface area contributed by atoms with Crippen LogP contribution in [-0.4, -0.2) is 58.0 Å². The highest BCUT2D eigenvalue weighted by Crippen LogP contribution is 2.10. The molecule has 0 bridgehead atoms. The molecule has 29 heavy (non-hydrogen) atoms. The van der Waals surface area contributed by atoms with E-state index in [1.54, 1.807) is 13.8 Å². The average Bonchev–Trinajstić information content (AvgIpc) is 2.62. The molecule has 5 heteroatoms. The molecule has 0 aromatic heterocycles. The van der Waals surface area contributed by atoms with E-state index in [1.807, 2.05) is 0 Å². The van der Waals surface area contributed by atoms with Crippen molar-refractivity contribution in [3.8, 4) is 0 Å². The Kier molecular flexibility index (Phi) is 19.7. The third-order valence-electron chi connectivity index (χ3n) is 5.07. The zero-order valence-electron chi connectivity index (χ0n) is 19.0. The number of hydrogen-bond donors (Lipinski definition) is 3. The van der Waals surface area contributed by atoms with E-state index in [9.17, 15) is 15.0 Å². The number of allylic oxidation sites excluding steroid dienone is 2. The molecule has 0 radical (unpaired) electrons. The van der Waals surface area contributed by atoms with Crippen LogP contribution in [0, 0.1) is 0 Å². The van der Waals surface area contributed by atoms with Gasteiger partial charge in [-0.1, -0.05) is 57.1 Å². The van der Waals surface area contributed by atoms with Crippen LogP contribution in [0.3, 0.4) is 0 Å². The summed E-state index contributed by atoms with van der Waals surface area (Å²) >= 11 is 0. The van der Waals surface area contributed by atoms with Gasteiger partial charge in [-0.3, -0.25) is 9.69 Å². The summed E-state index contributed by atoms with van der Waals surface area (Å²) in [6, 6.07) is 0. The minimum Gasteiger partial charge on any atom is -0.481 e. The normalized spacial score (nSPS) is 14.0. The summed E-state index contributed by atoms with van der Waals surface area (Å²) in [6.07, 6.45) is 19.4. The van der Waals surface area contributed by atoms with E-state index in [2.05, 4.69) is 17.1 Å². The van der Waals surface area contributed by atoms with Crippen LogP contribution < -0.4 is 0 Å². The quantitative estimate of drug-likeness (QED) is 0.179. The van der Waals surface area contributed by atoms with E-state index in [1.165, 1.54) is 51.4 Å². The fourth-order valence-corrected chi connectivity index (χ4v) is 3.61. The molecule has 2 atom stereocenters. The summed E-state index contributed by atoms with van der Waals surface area (Å²) in [6.45, 7) is 5.84. The van der Waals surface area contributed by atoms with Gasteiger partial charge in [0.05, 0.1) is 12.2 Å². The zero-order chi connectivity index (χ0) is 21.7. The maximum absolute atomic E-state index is 10.4. The van der Waals surface area contributed by atoms with Crippen LogP contribution in [0.2, 0.25) is 0 Å². The predicted molar refractivity (Wildman–Crippen MR) is 121 cm³/mol. The fourth-order valence-electron chi connectivity index (χ4n) is 3.61. The lowest BCUT2D eigenvalue weighted by Crippen LogP contribution is -2.36. The Bertz CT molecular complexity index is 386. The molecule has 0 amide bonds. The topological polar surface area (TPSA) is 81.0 Å². The number of unbranched alkanes of at least 4 members (excludes halogenated alkanes) is 11. The molecule has 0 fully saturated rings. The molecule has 0 aromatic rings. The molecule has 2 unspecified atom stereocenters. The molecular weight excluding hydrogens is 366 g/mol. The Morgan fingerprint density at radius 3 is 1.59 bits per heavy atom. The average molecular weight is 414 g/mol. The van der Waals surface area contributed by atoms with Crippen LogP contribution in [0.25, 0.3) is 0 Å². The van der Waals surface area contributed by atoms with Crippen LogP contribution in [-0.2, 0) is 4.79 Å². The highest BCUT2D eigenvalue weighted by Gasteiger charge is 2.10. The summed E-state index contributed by atoms with van der Waals surface area (Å²) in [4.78, 5) is 12.6. The SMILES string of the molecule is CC(O)CN(CCCCCCCC/C=C\CCCCCCCC(=O)O)CC(C)O. The third-order valence-corrected chi connectivity index (χ3v) is 5.07. The Hall–Kier alpha value is -0.910. The van der Waals surface area contributed by atoms with Crippen LogP contribution in [0.15, 0.2) is 12.2 Å². The smallest absolute Gasteiger partial charge is 0.303 e. The van der Waals surface area contributed by atoms with E-state index in [0.717, 1.165) is 38.6 Å². The molecule has 0 saturated heterocycles. The van der Waals surface area contributed by atoms with Crippen molar-refractivity contribution >= 4 is 5.97 Å². The Morgan fingerprint density at radius 1 is 0.724 bits per heavy atom. The molecule has 0 aliphatic heterocycles. The highest BCUT2D eigenvalue weighted by atomic mass is 16.4. The van der Waals surface area contributed by atoms with Crippen LogP contribution in [0.4, 0.5) is 0 Å². The molecule has 3 N–H and O–H groups in total. The van der Waals surface area contributed by atoms with Gasteiger partial charge in [-0.05, 0) is 58.9 Å². The van der Waals surface area contributed by atoms with Gasteiger partial charge in [0.25, 0.3) is 0 Å². The molecule has 0 spiro atoms. The first-order valence-corrected chi connectivity index (χ1v) is 11.9. The van der Waals surface area contributed by atoms with Crippen molar-refractivity contribution in [2.45, 2.75) is 116 Å². The van der Waals surface area contributed by atoms with E-state index in [0.29, 0.717) is 19.5 Å². The first-order chi connectivity index (χ1) is 13.9. The Labute approximate surface area is 179 Å². The lowest BCUT2D eigenvalue weighted by atomic mass is 10.1. The molecular formula is C24H47NO4. The van der Waals surface area contributed by atoms with E-state index in [-0.39, 0.29) is 12.2 Å². The number of aliphatic carboxylic acids is 1. The Balaban J connectivity index is 3.39. The van der Waals surface area contributed by atoms with Gasteiger partial charge < -0.3 is 15.3 Å². The van der Waals surface area contributed by atoms with Crippen molar-refractivity contribution in [2.24, 2.45) is 0 Å². The lowest BCUT2D eigenvalue weighted by Gasteiger charge is -2.24. The maximum Gasteiger partial charge on any atom is 0.303 e. The fraction of sp³-hybridized carbons (Fsp3) is 0.875. The number of aliphatic hydroxyl groups is 2. The van der Waals surface area contributed by atoms with Crippen molar-refractivity contribution in [3.63, 3.8) is 0 Å². The molecule has 172 valence electrons. The van der Waals surface area contributed by atoms with Gasteiger partial charge in [-0.25, -0.2) is 0 Å². The van der Waals surface area contributed by atoms with Crippen molar-refractivity contribution in [3.05, 3.63) is 12.2 Å². The van der Waals surface area contributed by atoms with Crippen LogP contribution in [0.1, 0.15) is 104 Å². The van der Waals surface area contributed by atoms with E-state index >= 15 is 0 Å². The van der Waals surface area contributed by atoms with E-state index < -0.39 is 5.97 Å². The Morgan fingerprint density at radius 2 is 1.14 bits per heavy atom. The monoisotopic (exact) mass is 413 g/mol. The number of nitrogens with zero attached hydrogens (tertiary/aromatic N) is 1. The number of carboxylic acids is 1. The molecule has 0 saturated carbocycles. The van der Waals surface area contributed by atoms with Crippen molar-refractivity contribution < 1.29 is 20.1 Å². The summed E-state index contributed by atoms with van der Waals surface area (Å²) in [5.74, 6) is -0.681. The summed E-state index contributed by atoms with van der Waals surface area (Å²) in [7, 11) is 0. The summed E-state index contributed by atoms with van der Waals surface area (Å²) < 4.78 is 0. The summed E-state index contributed by atoms with van der Waals surface area (Å²) in [5, 5.41) is 27.7. The van der Waals surface area contributed by atoms with Gasteiger partial charge in [0.1, 0.15) is 0 Å². The van der Waals surface area contributed by atoms with Gasteiger partial charge in [-0.15, -0.1) is 0 Å².